The zero-order chi connectivity index (χ0) is 12.1. The van der Waals surface area contributed by atoms with Gasteiger partial charge in [0.1, 0.15) is 17.3 Å². The largest absolute Gasteiger partial charge is 0.508 e. The molecule has 88 valence electrons. The Labute approximate surface area is 98.9 Å². The minimum atomic E-state index is 0.201. The maximum Gasteiger partial charge on any atom is 0.164 e. The molecule has 5 heteroatoms. The van der Waals surface area contributed by atoms with Gasteiger partial charge < -0.3 is 15.6 Å². The van der Waals surface area contributed by atoms with Crippen LogP contribution in [0.1, 0.15) is 5.82 Å². The Balaban J connectivity index is 2.05. The molecule has 5 nitrogen and oxygen atoms in total. The Hall–Kier alpha value is -2.14. The average Bonchev–Trinajstić information content (AvgIpc) is 2.35. The van der Waals surface area contributed by atoms with Gasteiger partial charge in [-0.3, -0.25) is 0 Å². The van der Waals surface area contributed by atoms with Crippen LogP contribution < -0.4 is 10.5 Å². The van der Waals surface area contributed by atoms with E-state index in [4.69, 9.17) is 15.6 Å². The molecule has 0 saturated heterocycles. The predicted octanol–water partition coefficient (Wildman–Crippen LogP) is 1.48. The molecule has 0 spiro atoms. The van der Waals surface area contributed by atoms with E-state index in [0.29, 0.717) is 30.3 Å². The van der Waals surface area contributed by atoms with E-state index in [9.17, 15) is 0 Å². The van der Waals surface area contributed by atoms with Crippen LogP contribution in [0, 0.1) is 0 Å². The van der Waals surface area contributed by atoms with Crippen LogP contribution in [0.3, 0.4) is 0 Å². The van der Waals surface area contributed by atoms with Crippen LogP contribution in [-0.4, -0.2) is 21.6 Å². The number of nitrogens with zero attached hydrogens (tertiary/aromatic N) is 2. The summed E-state index contributed by atoms with van der Waals surface area (Å²) in [7, 11) is 0. The number of phenolic OH excluding ortho intramolecular Hbond substituents is 1. The van der Waals surface area contributed by atoms with Crippen molar-refractivity contribution in [1.29, 1.82) is 0 Å². The molecule has 0 saturated carbocycles. The molecule has 1 heterocycles. The summed E-state index contributed by atoms with van der Waals surface area (Å²) in [5.74, 6) is 2.08. The fraction of sp³-hybridized carbons (Fsp3) is 0.167. The quantitative estimate of drug-likeness (QED) is 0.832. The molecule has 2 rings (SSSR count). The van der Waals surface area contributed by atoms with Gasteiger partial charge in [-0.2, -0.15) is 0 Å². The average molecular weight is 231 g/mol. The highest BCUT2D eigenvalue weighted by molar-refractivity contribution is 5.33. The molecular weight excluding hydrogens is 218 g/mol. The molecule has 2 aromatic rings. The smallest absolute Gasteiger partial charge is 0.164 e. The maximum absolute atomic E-state index is 9.13. The minimum absolute atomic E-state index is 0.201. The molecule has 0 fully saturated rings. The standard InChI is InChI=1S/C12H13N3O2/c13-6-5-12-14-7-11(8-15-12)17-10-3-1-9(16)2-4-10/h1-4,7-8,16H,5-6,13H2. The van der Waals surface area contributed by atoms with Crippen LogP contribution in [0.25, 0.3) is 0 Å². The first-order valence-corrected chi connectivity index (χ1v) is 5.26. The first-order chi connectivity index (χ1) is 8.28. The monoisotopic (exact) mass is 231 g/mol. The molecule has 0 aliphatic carbocycles. The van der Waals surface area contributed by atoms with E-state index in [0.717, 1.165) is 0 Å². The lowest BCUT2D eigenvalue weighted by Crippen LogP contribution is -2.06. The van der Waals surface area contributed by atoms with Crippen molar-refractivity contribution in [3.63, 3.8) is 0 Å². The van der Waals surface area contributed by atoms with Crippen LogP contribution in [0.2, 0.25) is 0 Å². The second-order valence-corrected chi connectivity index (χ2v) is 3.47. The highest BCUT2D eigenvalue weighted by Gasteiger charge is 2.00. The van der Waals surface area contributed by atoms with Crippen molar-refractivity contribution < 1.29 is 9.84 Å². The third-order valence-electron chi connectivity index (χ3n) is 2.12. The van der Waals surface area contributed by atoms with E-state index in [1.165, 1.54) is 0 Å². The van der Waals surface area contributed by atoms with Crippen molar-refractivity contribution in [2.24, 2.45) is 5.73 Å². The third-order valence-corrected chi connectivity index (χ3v) is 2.12. The first-order valence-electron chi connectivity index (χ1n) is 5.26. The lowest BCUT2D eigenvalue weighted by atomic mass is 10.3. The van der Waals surface area contributed by atoms with Crippen LogP contribution in [0.5, 0.6) is 17.2 Å². The number of hydrogen-bond acceptors (Lipinski definition) is 5. The number of rotatable bonds is 4. The zero-order valence-corrected chi connectivity index (χ0v) is 9.21. The Kier molecular flexibility index (Phi) is 3.52. The van der Waals surface area contributed by atoms with Crippen LogP contribution in [0.4, 0.5) is 0 Å². The number of aromatic nitrogens is 2. The van der Waals surface area contributed by atoms with Crippen molar-refractivity contribution in [2.75, 3.05) is 6.54 Å². The molecule has 0 unspecified atom stereocenters. The van der Waals surface area contributed by atoms with E-state index in [1.807, 2.05) is 0 Å². The molecule has 0 radical (unpaired) electrons. The van der Waals surface area contributed by atoms with Gasteiger partial charge in [-0.15, -0.1) is 0 Å². The molecule has 0 amide bonds. The van der Waals surface area contributed by atoms with E-state index in [1.54, 1.807) is 36.7 Å². The van der Waals surface area contributed by atoms with Crippen molar-refractivity contribution in [1.82, 2.24) is 9.97 Å². The Morgan fingerprint density at radius 2 is 1.71 bits per heavy atom. The highest BCUT2D eigenvalue weighted by Crippen LogP contribution is 2.21. The van der Waals surface area contributed by atoms with Gasteiger partial charge in [0, 0.05) is 6.42 Å². The Bertz CT molecular complexity index is 468. The lowest BCUT2D eigenvalue weighted by Gasteiger charge is -2.05. The van der Waals surface area contributed by atoms with Crippen molar-refractivity contribution in [3.8, 4) is 17.2 Å². The molecule has 3 N–H and O–H groups in total. The molecule has 1 aromatic heterocycles. The molecule has 0 aliphatic heterocycles. The number of nitrogens with two attached hydrogens (primary N) is 1. The number of ether oxygens (including phenoxy) is 1. The molecule has 17 heavy (non-hydrogen) atoms. The summed E-state index contributed by atoms with van der Waals surface area (Å²) in [5.41, 5.74) is 5.40. The summed E-state index contributed by atoms with van der Waals surface area (Å²) in [4.78, 5) is 8.23. The fourth-order valence-corrected chi connectivity index (χ4v) is 1.30. The summed E-state index contributed by atoms with van der Waals surface area (Å²) >= 11 is 0. The van der Waals surface area contributed by atoms with Crippen LogP contribution in [-0.2, 0) is 6.42 Å². The second kappa shape index (κ2) is 5.27. The fourth-order valence-electron chi connectivity index (χ4n) is 1.30. The van der Waals surface area contributed by atoms with Crippen molar-refractivity contribution in [3.05, 3.63) is 42.5 Å². The maximum atomic E-state index is 9.13. The number of benzene rings is 1. The third kappa shape index (κ3) is 3.15. The van der Waals surface area contributed by atoms with Gasteiger partial charge in [0.05, 0.1) is 12.4 Å². The van der Waals surface area contributed by atoms with Gasteiger partial charge in [0.25, 0.3) is 0 Å². The van der Waals surface area contributed by atoms with Crippen molar-refractivity contribution >= 4 is 0 Å². The SMILES string of the molecule is NCCc1ncc(Oc2ccc(O)cc2)cn1. The highest BCUT2D eigenvalue weighted by atomic mass is 16.5. The lowest BCUT2D eigenvalue weighted by molar-refractivity contribution is 0.462. The minimum Gasteiger partial charge on any atom is -0.508 e. The molecule has 0 atom stereocenters. The Morgan fingerprint density at radius 1 is 1.06 bits per heavy atom. The summed E-state index contributed by atoms with van der Waals surface area (Å²) < 4.78 is 5.50. The van der Waals surface area contributed by atoms with Gasteiger partial charge >= 0.3 is 0 Å². The summed E-state index contributed by atoms with van der Waals surface area (Å²) in [6, 6.07) is 6.45. The van der Waals surface area contributed by atoms with Gasteiger partial charge in [0.2, 0.25) is 0 Å². The molecule has 0 aliphatic rings. The Morgan fingerprint density at radius 3 is 2.29 bits per heavy atom. The summed E-state index contributed by atoms with van der Waals surface area (Å²) in [6.45, 7) is 0.526. The second-order valence-electron chi connectivity index (χ2n) is 3.47. The van der Waals surface area contributed by atoms with Crippen LogP contribution in [0.15, 0.2) is 36.7 Å². The number of aromatic hydroxyl groups is 1. The van der Waals surface area contributed by atoms with Gasteiger partial charge in [0.15, 0.2) is 5.75 Å². The van der Waals surface area contributed by atoms with E-state index >= 15 is 0 Å². The number of hydrogen-bond donors (Lipinski definition) is 2. The van der Waals surface area contributed by atoms with E-state index in [-0.39, 0.29) is 5.75 Å². The van der Waals surface area contributed by atoms with Crippen LogP contribution >= 0.6 is 0 Å². The van der Waals surface area contributed by atoms with E-state index < -0.39 is 0 Å². The van der Waals surface area contributed by atoms with Crippen molar-refractivity contribution in [2.45, 2.75) is 6.42 Å². The van der Waals surface area contributed by atoms with Gasteiger partial charge in [-0.1, -0.05) is 0 Å². The summed E-state index contributed by atoms with van der Waals surface area (Å²) in [6.07, 6.45) is 3.86. The first kappa shape index (κ1) is 11.3. The van der Waals surface area contributed by atoms with Gasteiger partial charge in [-0.05, 0) is 30.8 Å². The normalized spacial score (nSPS) is 10.2. The molecule has 0 bridgehead atoms. The molecule has 1 aromatic carbocycles. The van der Waals surface area contributed by atoms with E-state index in [2.05, 4.69) is 9.97 Å². The topological polar surface area (TPSA) is 81.3 Å². The summed E-state index contributed by atoms with van der Waals surface area (Å²) in [5, 5.41) is 9.13. The predicted molar refractivity (Wildman–Crippen MR) is 63.0 cm³/mol. The number of phenols is 1. The van der Waals surface area contributed by atoms with Gasteiger partial charge in [-0.25, -0.2) is 9.97 Å². The molecular formula is C12H13N3O2. The zero-order valence-electron chi connectivity index (χ0n) is 9.21.